The molecule has 0 radical (unpaired) electrons. The van der Waals surface area contributed by atoms with E-state index in [9.17, 15) is 18.4 Å². The van der Waals surface area contributed by atoms with Gasteiger partial charge in [0.05, 0.1) is 25.8 Å². The van der Waals surface area contributed by atoms with Gasteiger partial charge in [0.15, 0.2) is 11.5 Å². The largest absolute Gasteiger partial charge is 0.493 e. The number of anilines is 2. The van der Waals surface area contributed by atoms with Gasteiger partial charge in [-0.1, -0.05) is 0 Å². The van der Waals surface area contributed by atoms with E-state index in [0.717, 1.165) is 6.07 Å². The van der Waals surface area contributed by atoms with E-state index in [1.165, 1.54) is 30.1 Å². The molecular formula is C22H22F2N2O4. The van der Waals surface area contributed by atoms with E-state index < -0.39 is 17.6 Å². The fraction of sp³-hybridized carbons (Fsp3) is 0.364. The van der Waals surface area contributed by atoms with Gasteiger partial charge in [0.25, 0.3) is 0 Å². The lowest BCUT2D eigenvalue weighted by atomic mass is 9.98. The Hall–Kier alpha value is -3.16. The topological polar surface area (TPSA) is 59.1 Å². The third-order valence-corrected chi connectivity index (χ3v) is 5.66. The summed E-state index contributed by atoms with van der Waals surface area (Å²) in [6.45, 7) is 0.562. The molecule has 158 valence electrons. The lowest BCUT2D eigenvalue weighted by Gasteiger charge is -2.31. The van der Waals surface area contributed by atoms with Crippen LogP contribution in [0.3, 0.4) is 0 Å². The average Bonchev–Trinajstić information content (AvgIpc) is 3.13. The number of hydrogen-bond donors (Lipinski definition) is 0. The van der Waals surface area contributed by atoms with Gasteiger partial charge in [-0.05, 0) is 31.0 Å². The Labute approximate surface area is 173 Å². The second kappa shape index (κ2) is 7.93. The summed E-state index contributed by atoms with van der Waals surface area (Å²) in [6, 6.07) is 7.14. The van der Waals surface area contributed by atoms with Crippen LogP contribution in [0.5, 0.6) is 11.5 Å². The molecule has 0 spiro atoms. The zero-order chi connectivity index (χ0) is 21.4. The number of methoxy groups -OCH3 is 2. The molecule has 2 aromatic rings. The molecule has 0 saturated carbocycles. The van der Waals surface area contributed by atoms with Crippen molar-refractivity contribution in [3.05, 3.63) is 47.5 Å². The van der Waals surface area contributed by atoms with Gasteiger partial charge >= 0.3 is 0 Å². The summed E-state index contributed by atoms with van der Waals surface area (Å²) in [5.74, 6) is -1.43. The second-order valence-electron chi connectivity index (χ2n) is 7.42. The normalized spacial score (nSPS) is 18.4. The summed E-state index contributed by atoms with van der Waals surface area (Å²) in [5, 5.41) is 0. The molecule has 1 atom stereocenters. The minimum atomic E-state index is -0.722. The van der Waals surface area contributed by atoms with E-state index in [0.29, 0.717) is 42.1 Å². The summed E-state index contributed by atoms with van der Waals surface area (Å²) < 4.78 is 38.5. The molecule has 2 aliphatic heterocycles. The number of nitrogens with zero attached hydrogens (tertiary/aromatic N) is 2. The molecule has 0 bridgehead atoms. The molecule has 1 saturated heterocycles. The summed E-state index contributed by atoms with van der Waals surface area (Å²) in [7, 11) is 3.03. The molecule has 6 nitrogen and oxygen atoms in total. The van der Waals surface area contributed by atoms with Crippen LogP contribution in [0.4, 0.5) is 20.2 Å². The quantitative estimate of drug-likeness (QED) is 0.767. The van der Waals surface area contributed by atoms with Gasteiger partial charge in [0.2, 0.25) is 11.8 Å². The van der Waals surface area contributed by atoms with Crippen LogP contribution in [0.15, 0.2) is 30.3 Å². The number of hydrogen-bond acceptors (Lipinski definition) is 4. The number of amides is 2. The van der Waals surface area contributed by atoms with Crippen molar-refractivity contribution in [1.29, 1.82) is 0 Å². The van der Waals surface area contributed by atoms with E-state index >= 15 is 0 Å². The van der Waals surface area contributed by atoms with Crippen LogP contribution in [-0.2, 0) is 16.0 Å². The first-order chi connectivity index (χ1) is 14.4. The number of halogens is 2. The zero-order valence-electron chi connectivity index (χ0n) is 16.8. The highest BCUT2D eigenvalue weighted by Gasteiger charge is 2.39. The maximum atomic E-state index is 14.2. The van der Waals surface area contributed by atoms with Gasteiger partial charge in [0, 0.05) is 42.9 Å². The van der Waals surface area contributed by atoms with E-state index in [1.807, 2.05) is 0 Å². The Kier molecular flexibility index (Phi) is 5.32. The van der Waals surface area contributed by atoms with Gasteiger partial charge in [-0.15, -0.1) is 0 Å². The van der Waals surface area contributed by atoms with Crippen molar-refractivity contribution in [2.24, 2.45) is 5.92 Å². The SMILES string of the molecule is COc1ccc(N2CC(C(=O)N3CCCc4c(F)cc(F)cc43)CC2=O)cc1OC. The van der Waals surface area contributed by atoms with E-state index in [-0.39, 0.29) is 30.5 Å². The van der Waals surface area contributed by atoms with Gasteiger partial charge in [-0.25, -0.2) is 8.78 Å². The van der Waals surface area contributed by atoms with Crippen LogP contribution >= 0.6 is 0 Å². The summed E-state index contributed by atoms with van der Waals surface area (Å²) >= 11 is 0. The van der Waals surface area contributed by atoms with Crippen LogP contribution < -0.4 is 19.3 Å². The number of ether oxygens (including phenoxy) is 2. The highest BCUT2D eigenvalue weighted by Crippen LogP contribution is 2.36. The van der Waals surface area contributed by atoms with Gasteiger partial charge in [0.1, 0.15) is 11.6 Å². The van der Waals surface area contributed by atoms with Crippen molar-refractivity contribution in [2.75, 3.05) is 37.1 Å². The molecule has 2 aliphatic rings. The highest BCUT2D eigenvalue weighted by atomic mass is 19.1. The molecular weight excluding hydrogens is 394 g/mol. The molecule has 2 amide bonds. The molecule has 30 heavy (non-hydrogen) atoms. The maximum absolute atomic E-state index is 14.2. The molecule has 1 unspecified atom stereocenters. The van der Waals surface area contributed by atoms with Crippen LogP contribution in [0, 0.1) is 17.6 Å². The number of carbonyl (C=O) groups is 2. The Morgan fingerprint density at radius 1 is 1.10 bits per heavy atom. The third kappa shape index (κ3) is 3.46. The van der Waals surface area contributed by atoms with Crippen molar-refractivity contribution in [3.8, 4) is 11.5 Å². The Morgan fingerprint density at radius 3 is 2.60 bits per heavy atom. The lowest BCUT2D eigenvalue weighted by Crippen LogP contribution is -2.41. The van der Waals surface area contributed by atoms with Crippen LogP contribution in [-0.4, -0.2) is 39.1 Å². The molecule has 0 aromatic heterocycles. The standard InChI is InChI=1S/C22H22F2N2O4/c1-29-19-6-5-15(11-20(19)30-2)26-12-13(8-21(26)27)22(28)25-7-3-4-16-17(24)9-14(23)10-18(16)25/h5-6,9-11,13H,3-4,7-8,12H2,1-2H3. The first-order valence-corrected chi connectivity index (χ1v) is 9.74. The van der Waals surface area contributed by atoms with Crippen molar-refractivity contribution < 1.29 is 27.8 Å². The first kappa shape index (κ1) is 20.1. The second-order valence-corrected chi connectivity index (χ2v) is 7.42. The van der Waals surface area contributed by atoms with E-state index in [1.54, 1.807) is 18.2 Å². The molecule has 8 heteroatoms. The number of carbonyl (C=O) groups excluding carboxylic acids is 2. The number of fused-ring (bicyclic) bond motifs is 1. The Bertz CT molecular complexity index is 1010. The van der Waals surface area contributed by atoms with Crippen molar-refractivity contribution >= 4 is 23.2 Å². The fourth-order valence-corrected chi connectivity index (χ4v) is 4.18. The zero-order valence-corrected chi connectivity index (χ0v) is 16.8. The third-order valence-electron chi connectivity index (χ3n) is 5.66. The highest BCUT2D eigenvalue weighted by molar-refractivity contribution is 6.05. The van der Waals surface area contributed by atoms with Crippen LogP contribution in [0.25, 0.3) is 0 Å². The predicted octanol–water partition coefficient (Wildman–Crippen LogP) is 3.31. The predicted molar refractivity (Wildman–Crippen MR) is 107 cm³/mol. The smallest absolute Gasteiger partial charge is 0.232 e. The number of benzene rings is 2. The summed E-state index contributed by atoms with van der Waals surface area (Å²) in [6.07, 6.45) is 1.07. The van der Waals surface area contributed by atoms with Crippen LogP contribution in [0.2, 0.25) is 0 Å². The van der Waals surface area contributed by atoms with Crippen molar-refractivity contribution in [2.45, 2.75) is 19.3 Å². The molecule has 4 rings (SSSR count). The average molecular weight is 416 g/mol. The van der Waals surface area contributed by atoms with Crippen molar-refractivity contribution in [3.63, 3.8) is 0 Å². The van der Waals surface area contributed by atoms with Crippen LogP contribution in [0.1, 0.15) is 18.4 Å². The molecule has 2 heterocycles. The van der Waals surface area contributed by atoms with Gasteiger partial charge < -0.3 is 19.3 Å². The number of rotatable bonds is 4. The van der Waals surface area contributed by atoms with Gasteiger partial charge in [-0.3, -0.25) is 9.59 Å². The van der Waals surface area contributed by atoms with Gasteiger partial charge in [-0.2, -0.15) is 0 Å². The summed E-state index contributed by atoms with van der Waals surface area (Å²) in [5.41, 5.74) is 1.21. The monoisotopic (exact) mass is 416 g/mol. The molecule has 1 fully saturated rings. The minimum Gasteiger partial charge on any atom is -0.493 e. The van der Waals surface area contributed by atoms with E-state index in [2.05, 4.69) is 0 Å². The van der Waals surface area contributed by atoms with E-state index in [4.69, 9.17) is 9.47 Å². The maximum Gasteiger partial charge on any atom is 0.232 e. The van der Waals surface area contributed by atoms with Crippen molar-refractivity contribution in [1.82, 2.24) is 0 Å². The lowest BCUT2D eigenvalue weighted by molar-refractivity contribution is -0.124. The summed E-state index contributed by atoms with van der Waals surface area (Å²) in [4.78, 5) is 28.8. The first-order valence-electron chi connectivity index (χ1n) is 9.74. The minimum absolute atomic E-state index is 0.0385. The molecule has 2 aromatic carbocycles. The Balaban J connectivity index is 1.58. The molecule has 0 aliphatic carbocycles. The Morgan fingerprint density at radius 2 is 1.87 bits per heavy atom. The molecule has 0 N–H and O–H groups in total. The fourth-order valence-electron chi connectivity index (χ4n) is 4.18.